The predicted molar refractivity (Wildman–Crippen MR) is 76.0 cm³/mol. The maximum atomic E-state index is 5.62. The van der Waals surface area contributed by atoms with Gasteiger partial charge in [0.1, 0.15) is 5.75 Å². The topological polar surface area (TPSA) is 30.5 Å². The summed E-state index contributed by atoms with van der Waals surface area (Å²) in [6.07, 6.45) is 2.74. The van der Waals surface area contributed by atoms with Gasteiger partial charge in [-0.3, -0.25) is 0 Å². The number of ether oxygens (including phenoxy) is 2. The van der Waals surface area contributed by atoms with Crippen molar-refractivity contribution < 1.29 is 9.47 Å². The molecule has 2 rings (SSSR count). The van der Waals surface area contributed by atoms with Crippen molar-refractivity contribution in [2.24, 2.45) is 0 Å². The lowest BCUT2D eigenvalue weighted by atomic mass is 10.2. The van der Waals surface area contributed by atoms with Crippen LogP contribution in [0.2, 0.25) is 0 Å². The van der Waals surface area contributed by atoms with Crippen molar-refractivity contribution in [3.8, 4) is 5.75 Å². The summed E-state index contributed by atoms with van der Waals surface area (Å²) in [4.78, 5) is 0. The van der Waals surface area contributed by atoms with Crippen molar-refractivity contribution in [1.29, 1.82) is 0 Å². The van der Waals surface area contributed by atoms with Crippen LogP contribution in [0.3, 0.4) is 0 Å². The van der Waals surface area contributed by atoms with Crippen molar-refractivity contribution >= 4 is 15.9 Å². The van der Waals surface area contributed by atoms with E-state index in [2.05, 4.69) is 27.3 Å². The number of rotatable bonds is 6. The van der Waals surface area contributed by atoms with E-state index in [1.807, 2.05) is 19.1 Å². The lowest BCUT2D eigenvalue weighted by Gasteiger charge is -2.14. The molecule has 1 aliphatic rings. The van der Waals surface area contributed by atoms with Crippen LogP contribution in [0.5, 0.6) is 5.75 Å². The van der Waals surface area contributed by atoms with Crippen LogP contribution in [0.1, 0.15) is 25.3 Å². The van der Waals surface area contributed by atoms with E-state index >= 15 is 0 Å². The Balaban J connectivity index is 1.88. The van der Waals surface area contributed by atoms with Gasteiger partial charge in [-0.15, -0.1) is 0 Å². The van der Waals surface area contributed by atoms with E-state index in [1.54, 1.807) is 0 Å². The van der Waals surface area contributed by atoms with Gasteiger partial charge >= 0.3 is 0 Å². The molecule has 1 fully saturated rings. The molecule has 1 atom stereocenters. The lowest BCUT2D eigenvalue weighted by Crippen LogP contribution is -2.26. The summed E-state index contributed by atoms with van der Waals surface area (Å²) in [6.45, 7) is 5.34. The highest BCUT2D eigenvalue weighted by atomic mass is 79.9. The van der Waals surface area contributed by atoms with Crippen LogP contribution in [0.25, 0.3) is 0 Å². The molecule has 0 amide bonds. The molecular formula is C14H20BrNO2. The molecule has 1 aromatic rings. The van der Waals surface area contributed by atoms with E-state index < -0.39 is 0 Å². The Labute approximate surface area is 117 Å². The highest BCUT2D eigenvalue weighted by Crippen LogP contribution is 2.23. The van der Waals surface area contributed by atoms with Crippen LogP contribution in [-0.2, 0) is 11.3 Å². The molecule has 3 nitrogen and oxygen atoms in total. The number of halogens is 1. The zero-order chi connectivity index (χ0) is 12.8. The van der Waals surface area contributed by atoms with E-state index in [1.165, 1.54) is 18.4 Å². The molecule has 0 unspecified atom stereocenters. The molecule has 0 radical (unpaired) electrons. The summed E-state index contributed by atoms with van der Waals surface area (Å²) in [6, 6.07) is 6.12. The number of nitrogens with one attached hydrogen (secondary N) is 1. The quantitative estimate of drug-likeness (QED) is 0.875. The summed E-state index contributed by atoms with van der Waals surface area (Å²) in [5.41, 5.74) is 1.18. The fraction of sp³-hybridized carbons (Fsp3) is 0.571. The van der Waals surface area contributed by atoms with Gasteiger partial charge in [-0.05, 0) is 38.0 Å². The number of hydrogen-bond acceptors (Lipinski definition) is 3. The van der Waals surface area contributed by atoms with Crippen molar-refractivity contribution in [3.63, 3.8) is 0 Å². The second kappa shape index (κ2) is 7.12. The molecule has 100 valence electrons. The molecule has 4 heteroatoms. The van der Waals surface area contributed by atoms with Gasteiger partial charge in [0.2, 0.25) is 0 Å². The van der Waals surface area contributed by atoms with Crippen molar-refractivity contribution in [1.82, 2.24) is 5.32 Å². The van der Waals surface area contributed by atoms with Crippen LogP contribution < -0.4 is 10.1 Å². The standard InChI is InChI=1S/C14H20BrNO2/c1-2-17-14-6-5-12(15)8-11(14)9-16-10-13-4-3-7-18-13/h5-6,8,13,16H,2-4,7,9-10H2,1H3/t13-/m1/s1. The Kier molecular flexibility index (Phi) is 5.47. The Hall–Kier alpha value is -0.580. The first kappa shape index (κ1) is 13.8. The fourth-order valence-electron chi connectivity index (χ4n) is 2.16. The predicted octanol–water partition coefficient (Wildman–Crippen LogP) is 3.12. The summed E-state index contributed by atoms with van der Waals surface area (Å²) in [7, 11) is 0. The Morgan fingerprint density at radius 3 is 3.11 bits per heavy atom. The Morgan fingerprint density at radius 1 is 1.50 bits per heavy atom. The molecular weight excluding hydrogens is 294 g/mol. The molecule has 0 aromatic heterocycles. The maximum Gasteiger partial charge on any atom is 0.123 e. The first-order valence-corrected chi connectivity index (χ1v) is 7.32. The average molecular weight is 314 g/mol. The van der Waals surface area contributed by atoms with Gasteiger partial charge in [0.25, 0.3) is 0 Å². The van der Waals surface area contributed by atoms with Crippen LogP contribution >= 0.6 is 15.9 Å². The molecule has 0 bridgehead atoms. The zero-order valence-electron chi connectivity index (χ0n) is 10.7. The highest BCUT2D eigenvalue weighted by Gasteiger charge is 2.14. The molecule has 1 heterocycles. The van der Waals surface area contributed by atoms with Gasteiger partial charge in [-0.2, -0.15) is 0 Å². The third kappa shape index (κ3) is 3.97. The second-order valence-corrected chi connectivity index (χ2v) is 5.37. The molecule has 1 N–H and O–H groups in total. The molecule has 0 saturated carbocycles. The van der Waals surface area contributed by atoms with E-state index in [0.29, 0.717) is 12.7 Å². The third-order valence-corrected chi connectivity index (χ3v) is 3.53. The highest BCUT2D eigenvalue weighted by molar-refractivity contribution is 9.10. The average Bonchev–Trinajstić information content (AvgIpc) is 2.86. The van der Waals surface area contributed by atoms with Crippen LogP contribution in [-0.4, -0.2) is 25.9 Å². The Bertz CT molecular complexity index is 378. The van der Waals surface area contributed by atoms with Gasteiger partial charge in [0.05, 0.1) is 12.7 Å². The van der Waals surface area contributed by atoms with Gasteiger partial charge in [0.15, 0.2) is 0 Å². The van der Waals surface area contributed by atoms with E-state index in [9.17, 15) is 0 Å². The monoisotopic (exact) mass is 313 g/mol. The van der Waals surface area contributed by atoms with Crippen molar-refractivity contribution in [2.75, 3.05) is 19.8 Å². The van der Waals surface area contributed by atoms with E-state index in [0.717, 1.165) is 29.9 Å². The molecule has 0 spiro atoms. The van der Waals surface area contributed by atoms with Crippen LogP contribution in [0.4, 0.5) is 0 Å². The lowest BCUT2D eigenvalue weighted by molar-refractivity contribution is 0.110. The Morgan fingerprint density at radius 2 is 2.39 bits per heavy atom. The number of hydrogen-bond donors (Lipinski definition) is 1. The minimum Gasteiger partial charge on any atom is -0.494 e. The third-order valence-electron chi connectivity index (χ3n) is 3.03. The van der Waals surface area contributed by atoms with Crippen molar-refractivity contribution in [3.05, 3.63) is 28.2 Å². The maximum absolute atomic E-state index is 5.62. The smallest absolute Gasteiger partial charge is 0.123 e. The van der Waals surface area contributed by atoms with Crippen molar-refractivity contribution in [2.45, 2.75) is 32.4 Å². The van der Waals surface area contributed by atoms with Gasteiger partial charge in [0, 0.05) is 29.7 Å². The molecule has 1 aliphatic heterocycles. The molecule has 1 aromatic carbocycles. The SMILES string of the molecule is CCOc1ccc(Br)cc1CNC[C@H]1CCCO1. The van der Waals surface area contributed by atoms with Crippen LogP contribution in [0.15, 0.2) is 22.7 Å². The second-order valence-electron chi connectivity index (χ2n) is 4.45. The van der Waals surface area contributed by atoms with Gasteiger partial charge in [-0.1, -0.05) is 15.9 Å². The minimum absolute atomic E-state index is 0.382. The number of benzene rings is 1. The minimum atomic E-state index is 0.382. The largest absolute Gasteiger partial charge is 0.494 e. The van der Waals surface area contributed by atoms with E-state index in [-0.39, 0.29) is 0 Å². The zero-order valence-corrected chi connectivity index (χ0v) is 12.3. The first-order chi connectivity index (χ1) is 8.79. The molecule has 0 aliphatic carbocycles. The molecule has 1 saturated heterocycles. The molecule has 18 heavy (non-hydrogen) atoms. The first-order valence-electron chi connectivity index (χ1n) is 6.53. The normalized spacial score (nSPS) is 19.1. The van der Waals surface area contributed by atoms with Gasteiger partial charge < -0.3 is 14.8 Å². The van der Waals surface area contributed by atoms with Gasteiger partial charge in [-0.25, -0.2) is 0 Å². The fourth-order valence-corrected chi connectivity index (χ4v) is 2.56. The summed E-state index contributed by atoms with van der Waals surface area (Å²) in [5, 5.41) is 3.44. The van der Waals surface area contributed by atoms with Crippen LogP contribution in [0, 0.1) is 0 Å². The summed E-state index contributed by atoms with van der Waals surface area (Å²) in [5.74, 6) is 0.959. The van der Waals surface area contributed by atoms with E-state index in [4.69, 9.17) is 9.47 Å². The summed E-state index contributed by atoms with van der Waals surface area (Å²) >= 11 is 3.50. The summed E-state index contributed by atoms with van der Waals surface area (Å²) < 4.78 is 12.3.